The molecule has 2 aromatic rings. The number of hydrazone groups is 1. The molecule has 1 aromatic carbocycles. The van der Waals surface area contributed by atoms with Crippen LogP contribution in [0.3, 0.4) is 0 Å². The molecule has 0 spiro atoms. The maximum Gasteiger partial charge on any atom is 0.191 e. The molecule has 98 valence electrons. The van der Waals surface area contributed by atoms with E-state index in [1.54, 1.807) is 18.5 Å². The van der Waals surface area contributed by atoms with Crippen molar-refractivity contribution in [3.05, 3.63) is 53.5 Å². The van der Waals surface area contributed by atoms with Crippen molar-refractivity contribution in [3.8, 4) is 0 Å². The van der Waals surface area contributed by atoms with Gasteiger partial charge in [0, 0.05) is 5.69 Å². The Morgan fingerprint density at radius 1 is 1.32 bits per heavy atom. The second kappa shape index (κ2) is 6.15. The van der Waals surface area contributed by atoms with Crippen molar-refractivity contribution in [1.82, 2.24) is 5.43 Å². The highest BCUT2D eigenvalue weighted by molar-refractivity contribution is 7.80. The Morgan fingerprint density at radius 3 is 2.84 bits per heavy atom. The molecular formula is C14H15N3OS. The fourth-order valence-electron chi connectivity index (χ4n) is 1.62. The summed E-state index contributed by atoms with van der Waals surface area (Å²) >= 11 is 5.16. The van der Waals surface area contributed by atoms with Crippen molar-refractivity contribution in [2.45, 2.75) is 13.8 Å². The molecule has 0 unspecified atom stereocenters. The minimum atomic E-state index is 0.440. The number of nitrogens with zero attached hydrogens (tertiary/aromatic N) is 1. The van der Waals surface area contributed by atoms with Gasteiger partial charge >= 0.3 is 0 Å². The monoisotopic (exact) mass is 273 g/mol. The summed E-state index contributed by atoms with van der Waals surface area (Å²) in [5.74, 6) is 0.668. The van der Waals surface area contributed by atoms with Crippen LogP contribution in [0.25, 0.3) is 0 Å². The van der Waals surface area contributed by atoms with E-state index in [1.807, 2.05) is 25.1 Å². The molecule has 2 rings (SSSR count). The van der Waals surface area contributed by atoms with Crippen LogP contribution in [0, 0.1) is 13.8 Å². The minimum Gasteiger partial charge on any atom is -0.463 e. The summed E-state index contributed by atoms with van der Waals surface area (Å²) in [6.45, 7) is 4.09. The maximum absolute atomic E-state index is 5.16. The number of benzene rings is 1. The van der Waals surface area contributed by atoms with E-state index in [9.17, 15) is 0 Å². The predicted octanol–water partition coefficient (Wildman–Crippen LogP) is 3.22. The quantitative estimate of drug-likeness (QED) is 0.512. The number of anilines is 1. The Labute approximate surface area is 117 Å². The number of nitrogens with one attached hydrogen (secondary N) is 2. The van der Waals surface area contributed by atoms with Crippen molar-refractivity contribution >= 4 is 29.2 Å². The molecule has 1 heterocycles. The van der Waals surface area contributed by atoms with Crippen molar-refractivity contribution in [2.24, 2.45) is 5.10 Å². The van der Waals surface area contributed by atoms with Gasteiger partial charge in [-0.25, -0.2) is 0 Å². The highest BCUT2D eigenvalue weighted by atomic mass is 32.1. The molecule has 0 bridgehead atoms. The Morgan fingerprint density at radius 2 is 2.16 bits per heavy atom. The number of furan rings is 1. The van der Waals surface area contributed by atoms with E-state index < -0.39 is 0 Å². The number of hydrogen-bond acceptors (Lipinski definition) is 3. The standard InChI is InChI=1S/C14H15N3OS/c1-10-5-6-13(11(2)8-10)16-14(19)17-15-9-12-4-3-7-18-12/h3-9H,1-2H3,(H2,16,17,19)/b15-9-. The zero-order valence-corrected chi connectivity index (χ0v) is 11.6. The third-order valence-electron chi connectivity index (χ3n) is 2.53. The van der Waals surface area contributed by atoms with Crippen LogP contribution in [0.1, 0.15) is 16.9 Å². The second-order valence-corrected chi connectivity index (χ2v) is 4.57. The third kappa shape index (κ3) is 3.93. The zero-order chi connectivity index (χ0) is 13.7. The molecule has 0 saturated carbocycles. The second-order valence-electron chi connectivity index (χ2n) is 4.16. The smallest absolute Gasteiger partial charge is 0.191 e. The van der Waals surface area contributed by atoms with Gasteiger partial charge in [0.2, 0.25) is 0 Å². The molecule has 2 N–H and O–H groups in total. The van der Waals surface area contributed by atoms with Crippen LogP contribution in [0.15, 0.2) is 46.1 Å². The number of aryl methyl sites for hydroxylation is 2. The largest absolute Gasteiger partial charge is 0.463 e. The first-order chi connectivity index (χ1) is 9.15. The average molecular weight is 273 g/mol. The molecule has 19 heavy (non-hydrogen) atoms. The van der Waals surface area contributed by atoms with Crippen LogP contribution in [0.5, 0.6) is 0 Å². The lowest BCUT2D eigenvalue weighted by Gasteiger charge is -2.10. The van der Waals surface area contributed by atoms with Crippen LogP contribution in [-0.2, 0) is 0 Å². The van der Waals surface area contributed by atoms with Crippen LogP contribution in [0.4, 0.5) is 5.69 Å². The van der Waals surface area contributed by atoms with Gasteiger partial charge in [0.25, 0.3) is 0 Å². The highest BCUT2D eigenvalue weighted by Crippen LogP contribution is 2.15. The van der Waals surface area contributed by atoms with E-state index in [2.05, 4.69) is 28.8 Å². The lowest BCUT2D eigenvalue weighted by Crippen LogP contribution is -2.24. The summed E-state index contributed by atoms with van der Waals surface area (Å²) in [5, 5.41) is 7.52. The van der Waals surface area contributed by atoms with E-state index >= 15 is 0 Å². The number of rotatable bonds is 3. The summed E-state index contributed by atoms with van der Waals surface area (Å²) in [7, 11) is 0. The molecule has 5 heteroatoms. The topological polar surface area (TPSA) is 49.6 Å². The predicted molar refractivity (Wildman–Crippen MR) is 81.6 cm³/mol. The van der Waals surface area contributed by atoms with Crippen molar-refractivity contribution in [3.63, 3.8) is 0 Å². The summed E-state index contributed by atoms with van der Waals surface area (Å²) in [5.41, 5.74) is 6.07. The fourth-order valence-corrected chi connectivity index (χ4v) is 1.79. The summed E-state index contributed by atoms with van der Waals surface area (Å²) < 4.78 is 5.11. The Balaban J connectivity index is 1.91. The van der Waals surface area contributed by atoms with Gasteiger partial charge in [0.05, 0.1) is 12.5 Å². The lowest BCUT2D eigenvalue weighted by molar-refractivity contribution is 0.560. The van der Waals surface area contributed by atoms with E-state index in [4.69, 9.17) is 16.6 Å². The molecule has 0 aliphatic carbocycles. The molecule has 0 radical (unpaired) electrons. The van der Waals surface area contributed by atoms with Crippen LogP contribution >= 0.6 is 12.2 Å². The van der Waals surface area contributed by atoms with Gasteiger partial charge in [-0.3, -0.25) is 5.43 Å². The normalized spacial score (nSPS) is 10.6. The van der Waals surface area contributed by atoms with Crippen LogP contribution in [-0.4, -0.2) is 11.3 Å². The molecule has 0 aliphatic rings. The first-order valence-electron chi connectivity index (χ1n) is 5.86. The fraction of sp³-hybridized carbons (Fsp3) is 0.143. The van der Waals surface area contributed by atoms with E-state index in [1.165, 1.54) is 5.56 Å². The number of hydrogen-bond donors (Lipinski definition) is 2. The lowest BCUT2D eigenvalue weighted by atomic mass is 10.1. The maximum atomic E-state index is 5.16. The van der Waals surface area contributed by atoms with Gasteiger partial charge in [-0.15, -0.1) is 0 Å². The van der Waals surface area contributed by atoms with Gasteiger partial charge in [0.1, 0.15) is 5.76 Å². The molecule has 0 saturated heterocycles. The molecule has 0 atom stereocenters. The van der Waals surface area contributed by atoms with E-state index in [-0.39, 0.29) is 0 Å². The van der Waals surface area contributed by atoms with Crippen LogP contribution in [0.2, 0.25) is 0 Å². The van der Waals surface area contributed by atoms with Crippen LogP contribution < -0.4 is 10.7 Å². The summed E-state index contributed by atoms with van der Waals surface area (Å²) in [6, 6.07) is 9.73. The minimum absolute atomic E-state index is 0.440. The molecule has 4 nitrogen and oxygen atoms in total. The first-order valence-corrected chi connectivity index (χ1v) is 6.27. The van der Waals surface area contributed by atoms with Crippen molar-refractivity contribution in [2.75, 3.05) is 5.32 Å². The summed E-state index contributed by atoms with van der Waals surface area (Å²) in [6.07, 6.45) is 3.16. The highest BCUT2D eigenvalue weighted by Gasteiger charge is 2.00. The van der Waals surface area contributed by atoms with E-state index in [0.717, 1.165) is 11.3 Å². The van der Waals surface area contributed by atoms with Gasteiger partial charge < -0.3 is 9.73 Å². The van der Waals surface area contributed by atoms with Crippen molar-refractivity contribution < 1.29 is 4.42 Å². The Hall–Kier alpha value is -2.14. The van der Waals surface area contributed by atoms with Crippen molar-refractivity contribution in [1.29, 1.82) is 0 Å². The Bertz CT molecular complexity index is 591. The van der Waals surface area contributed by atoms with Gasteiger partial charge in [-0.2, -0.15) is 5.10 Å². The average Bonchev–Trinajstić information content (AvgIpc) is 2.86. The van der Waals surface area contributed by atoms with Gasteiger partial charge in [-0.1, -0.05) is 17.7 Å². The first kappa shape index (κ1) is 13.3. The zero-order valence-electron chi connectivity index (χ0n) is 10.8. The van der Waals surface area contributed by atoms with E-state index in [0.29, 0.717) is 10.9 Å². The summed E-state index contributed by atoms with van der Waals surface area (Å²) in [4.78, 5) is 0. The van der Waals surface area contributed by atoms with Gasteiger partial charge in [0.15, 0.2) is 5.11 Å². The third-order valence-corrected chi connectivity index (χ3v) is 2.72. The molecular weight excluding hydrogens is 258 g/mol. The Kier molecular flexibility index (Phi) is 4.30. The molecule has 1 aromatic heterocycles. The molecule has 0 aliphatic heterocycles. The number of thiocarbonyl (C=S) groups is 1. The van der Waals surface area contributed by atoms with Gasteiger partial charge in [-0.05, 0) is 49.8 Å². The molecule has 0 amide bonds. The SMILES string of the molecule is Cc1ccc(NC(=S)N/N=C\c2ccco2)c(C)c1. The molecule has 0 fully saturated rings.